The van der Waals surface area contributed by atoms with E-state index in [4.69, 9.17) is 16.3 Å². The Kier molecular flexibility index (Phi) is 5.60. The molecule has 154 valence electrons. The molecule has 4 heterocycles. The first-order chi connectivity index (χ1) is 13.6. The summed E-state index contributed by atoms with van der Waals surface area (Å²) in [5.74, 6) is 1.14. The van der Waals surface area contributed by atoms with Gasteiger partial charge in [0.2, 0.25) is 5.91 Å². The molecule has 2 bridgehead atoms. The minimum absolute atomic E-state index is 0. The van der Waals surface area contributed by atoms with E-state index in [1.165, 1.54) is 0 Å². The van der Waals surface area contributed by atoms with Gasteiger partial charge in [-0.15, -0.1) is 12.4 Å². The minimum Gasteiger partial charge on any atom is -0.491 e. The molecule has 1 aromatic heterocycles. The fourth-order valence-corrected chi connectivity index (χ4v) is 5.04. The van der Waals surface area contributed by atoms with Gasteiger partial charge in [-0.1, -0.05) is 17.7 Å². The number of rotatable bonds is 1. The highest BCUT2D eigenvalue weighted by Gasteiger charge is 2.43. The standard InChI is InChI=1S/C21H22ClN3O3.ClH/c22-16-4-5-18-15(9-16)12-24(6-7-28-18)21(27)20-14-8-13(10-23-11-14)17-2-1-3-19(26)25(17)20;/h1-5,9,13-14,20,23H,6-8,10-12H2;1H/t13-,14+,20-;/m1./s1. The van der Waals surface area contributed by atoms with E-state index in [0.29, 0.717) is 24.7 Å². The van der Waals surface area contributed by atoms with Crippen LogP contribution in [-0.2, 0) is 11.3 Å². The molecule has 0 unspecified atom stereocenters. The second kappa shape index (κ2) is 8.01. The number of hydrogen-bond donors (Lipinski definition) is 1. The molecule has 6 nitrogen and oxygen atoms in total. The van der Waals surface area contributed by atoms with Crippen LogP contribution in [0.25, 0.3) is 0 Å². The van der Waals surface area contributed by atoms with Gasteiger partial charge in [-0.2, -0.15) is 0 Å². The number of carbonyl (C=O) groups excluding carboxylic acids is 1. The van der Waals surface area contributed by atoms with Crippen molar-refractivity contribution in [3.05, 3.63) is 63.0 Å². The molecule has 1 saturated heterocycles. The van der Waals surface area contributed by atoms with Crippen molar-refractivity contribution >= 4 is 29.9 Å². The predicted octanol–water partition coefficient (Wildman–Crippen LogP) is 2.59. The van der Waals surface area contributed by atoms with Crippen LogP contribution in [0.15, 0.2) is 41.2 Å². The van der Waals surface area contributed by atoms with E-state index in [2.05, 4.69) is 5.32 Å². The molecular formula is C21H23Cl2N3O3. The second-order valence-corrected chi connectivity index (χ2v) is 8.25. The molecule has 3 atom stereocenters. The molecule has 0 radical (unpaired) electrons. The zero-order valence-corrected chi connectivity index (χ0v) is 17.4. The molecule has 1 aromatic carbocycles. The highest BCUT2D eigenvalue weighted by Crippen LogP contribution is 2.40. The summed E-state index contributed by atoms with van der Waals surface area (Å²) in [5, 5.41) is 4.06. The Hall–Kier alpha value is -2.02. The Labute approximate surface area is 180 Å². The molecular weight excluding hydrogens is 413 g/mol. The lowest BCUT2D eigenvalue weighted by molar-refractivity contribution is -0.138. The lowest BCUT2D eigenvalue weighted by Crippen LogP contribution is -2.53. The lowest BCUT2D eigenvalue weighted by atomic mass is 9.79. The predicted molar refractivity (Wildman–Crippen MR) is 113 cm³/mol. The van der Waals surface area contributed by atoms with Crippen LogP contribution < -0.4 is 15.6 Å². The van der Waals surface area contributed by atoms with Gasteiger partial charge in [0.1, 0.15) is 18.4 Å². The van der Waals surface area contributed by atoms with E-state index >= 15 is 0 Å². The number of nitrogens with zero attached hydrogens (tertiary/aromatic N) is 2. The first-order valence-corrected chi connectivity index (χ1v) is 10.1. The van der Waals surface area contributed by atoms with Crippen LogP contribution in [0.5, 0.6) is 5.75 Å². The smallest absolute Gasteiger partial charge is 0.251 e. The molecule has 3 aliphatic rings. The number of nitrogens with one attached hydrogen (secondary N) is 1. The molecule has 29 heavy (non-hydrogen) atoms. The van der Waals surface area contributed by atoms with Gasteiger partial charge in [-0.05, 0) is 30.7 Å². The average molecular weight is 436 g/mol. The molecule has 3 aliphatic heterocycles. The van der Waals surface area contributed by atoms with Gasteiger partial charge >= 0.3 is 0 Å². The Morgan fingerprint density at radius 2 is 2.07 bits per heavy atom. The van der Waals surface area contributed by atoms with Gasteiger partial charge in [0.15, 0.2) is 0 Å². The fraction of sp³-hybridized carbons (Fsp3) is 0.429. The number of aromatic nitrogens is 1. The molecule has 1 fully saturated rings. The van der Waals surface area contributed by atoms with Crippen LogP contribution in [0.3, 0.4) is 0 Å². The van der Waals surface area contributed by atoms with E-state index in [1.54, 1.807) is 22.8 Å². The van der Waals surface area contributed by atoms with E-state index in [0.717, 1.165) is 36.5 Å². The van der Waals surface area contributed by atoms with Crippen molar-refractivity contribution in [2.75, 3.05) is 26.2 Å². The summed E-state index contributed by atoms with van der Waals surface area (Å²) in [4.78, 5) is 28.2. The molecule has 0 spiro atoms. The van der Waals surface area contributed by atoms with Crippen LogP contribution in [0.1, 0.15) is 29.6 Å². The van der Waals surface area contributed by atoms with Crippen molar-refractivity contribution in [1.82, 2.24) is 14.8 Å². The van der Waals surface area contributed by atoms with Gasteiger partial charge < -0.3 is 15.0 Å². The molecule has 8 heteroatoms. The summed E-state index contributed by atoms with van der Waals surface area (Å²) >= 11 is 6.15. The highest BCUT2D eigenvalue weighted by atomic mass is 35.5. The first kappa shape index (κ1) is 20.3. The normalized spacial score (nSPS) is 25.0. The molecule has 2 aromatic rings. The number of ether oxygens (including phenoxy) is 1. The third kappa shape index (κ3) is 3.54. The number of amides is 1. The maximum atomic E-state index is 13.7. The monoisotopic (exact) mass is 435 g/mol. The van der Waals surface area contributed by atoms with E-state index in [1.807, 2.05) is 23.1 Å². The lowest BCUT2D eigenvalue weighted by Gasteiger charge is -2.43. The summed E-state index contributed by atoms with van der Waals surface area (Å²) in [6, 6.07) is 10.3. The average Bonchev–Trinajstić information content (AvgIpc) is 2.91. The van der Waals surface area contributed by atoms with Crippen LogP contribution in [0.4, 0.5) is 0 Å². The summed E-state index contributed by atoms with van der Waals surface area (Å²) in [6.45, 7) is 2.95. The third-order valence-corrected chi connectivity index (χ3v) is 6.35. The zero-order valence-electron chi connectivity index (χ0n) is 15.8. The van der Waals surface area contributed by atoms with Gasteiger partial charge in [0.25, 0.3) is 5.56 Å². The largest absolute Gasteiger partial charge is 0.491 e. The van der Waals surface area contributed by atoms with E-state index < -0.39 is 6.04 Å². The summed E-state index contributed by atoms with van der Waals surface area (Å²) in [7, 11) is 0. The Bertz CT molecular complexity index is 993. The van der Waals surface area contributed by atoms with Crippen molar-refractivity contribution in [2.45, 2.75) is 24.9 Å². The van der Waals surface area contributed by atoms with Gasteiger partial charge in [0.05, 0.1) is 6.54 Å². The number of pyridine rings is 1. The number of fused-ring (bicyclic) bond motifs is 5. The van der Waals surface area contributed by atoms with Crippen molar-refractivity contribution in [2.24, 2.45) is 5.92 Å². The van der Waals surface area contributed by atoms with Crippen molar-refractivity contribution < 1.29 is 9.53 Å². The fourth-order valence-electron chi connectivity index (χ4n) is 4.85. The van der Waals surface area contributed by atoms with Gasteiger partial charge in [0, 0.05) is 53.8 Å². The van der Waals surface area contributed by atoms with Crippen molar-refractivity contribution in [3.8, 4) is 5.75 Å². The quantitative estimate of drug-likeness (QED) is 0.747. The van der Waals surface area contributed by atoms with Crippen LogP contribution in [0, 0.1) is 5.92 Å². The third-order valence-electron chi connectivity index (χ3n) is 6.12. The maximum absolute atomic E-state index is 13.7. The Morgan fingerprint density at radius 1 is 1.21 bits per heavy atom. The molecule has 0 saturated carbocycles. The van der Waals surface area contributed by atoms with Gasteiger partial charge in [-0.25, -0.2) is 0 Å². The first-order valence-electron chi connectivity index (χ1n) is 9.74. The van der Waals surface area contributed by atoms with E-state index in [9.17, 15) is 9.59 Å². The maximum Gasteiger partial charge on any atom is 0.251 e. The van der Waals surface area contributed by atoms with Crippen LogP contribution in [0.2, 0.25) is 5.02 Å². The highest BCUT2D eigenvalue weighted by molar-refractivity contribution is 6.30. The number of carbonyl (C=O) groups is 1. The van der Waals surface area contributed by atoms with Crippen molar-refractivity contribution in [3.63, 3.8) is 0 Å². The Morgan fingerprint density at radius 3 is 2.93 bits per heavy atom. The molecule has 5 rings (SSSR count). The molecule has 1 amide bonds. The Balaban J connectivity index is 0.00000205. The zero-order chi connectivity index (χ0) is 19.3. The summed E-state index contributed by atoms with van der Waals surface area (Å²) < 4.78 is 7.56. The van der Waals surface area contributed by atoms with Crippen LogP contribution >= 0.6 is 24.0 Å². The number of benzene rings is 1. The number of hydrogen-bond acceptors (Lipinski definition) is 4. The second-order valence-electron chi connectivity index (χ2n) is 7.81. The van der Waals surface area contributed by atoms with Crippen molar-refractivity contribution in [1.29, 1.82) is 0 Å². The topological polar surface area (TPSA) is 63.6 Å². The summed E-state index contributed by atoms with van der Waals surface area (Å²) in [6.07, 6.45) is 0.930. The number of halogens is 2. The number of piperidine rings is 1. The molecule has 1 N–H and O–H groups in total. The van der Waals surface area contributed by atoms with E-state index in [-0.39, 0.29) is 35.7 Å². The minimum atomic E-state index is -0.478. The van der Waals surface area contributed by atoms with Crippen LogP contribution in [-0.4, -0.2) is 41.6 Å². The SMILES string of the molecule is Cl.O=C([C@H]1[C@@H]2CNC[C@@H](C2)c2cccc(=O)n21)N1CCOc2ccc(Cl)cc2C1. The van der Waals surface area contributed by atoms with Gasteiger partial charge in [-0.3, -0.25) is 14.2 Å². The molecule has 0 aliphatic carbocycles. The summed E-state index contributed by atoms with van der Waals surface area (Å²) in [5.41, 5.74) is 1.76.